The quantitative estimate of drug-likeness (QED) is 0.137. The number of hydrogen-bond donors (Lipinski definition) is 0. The third kappa shape index (κ3) is 3.53. The van der Waals surface area contributed by atoms with Crippen LogP contribution in [0.5, 0.6) is 0 Å². The van der Waals surface area contributed by atoms with Crippen molar-refractivity contribution in [2.24, 2.45) is 16.7 Å². The maximum absolute atomic E-state index is 15.4. The minimum absolute atomic E-state index is 0.332. The van der Waals surface area contributed by atoms with E-state index in [0.29, 0.717) is 18.4 Å². The van der Waals surface area contributed by atoms with Gasteiger partial charge in [-0.1, -0.05) is 63.4 Å². The highest BCUT2D eigenvalue weighted by atomic mass is 19.2. The first-order valence-electron chi connectivity index (χ1n) is 12.3. The zero-order chi connectivity index (χ0) is 28.8. The van der Waals surface area contributed by atoms with Crippen molar-refractivity contribution in [3.8, 4) is 0 Å². The summed E-state index contributed by atoms with van der Waals surface area (Å²) in [4.78, 5) is 0. The lowest BCUT2D eigenvalue weighted by Gasteiger charge is -2.48. The largest absolute Gasteiger partial charge is 0.207 e. The summed E-state index contributed by atoms with van der Waals surface area (Å²) in [5.74, 6) is -26.9. The van der Waals surface area contributed by atoms with Crippen LogP contribution in [-0.4, -0.2) is 6.71 Å². The van der Waals surface area contributed by atoms with Crippen LogP contribution in [0.1, 0.15) is 45.1 Å². The van der Waals surface area contributed by atoms with Gasteiger partial charge in [-0.15, -0.1) is 0 Å². The Balaban J connectivity index is 1.93. The van der Waals surface area contributed by atoms with E-state index in [-0.39, 0.29) is 0 Å². The van der Waals surface area contributed by atoms with E-state index in [1.165, 1.54) is 0 Å². The molecule has 4 atom stereocenters. The molecule has 0 amide bonds. The second-order valence-electron chi connectivity index (χ2n) is 11.2. The molecule has 0 heterocycles. The Kier molecular flexibility index (Phi) is 6.38. The van der Waals surface area contributed by atoms with Crippen molar-refractivity contribution in [2.75, 3.05) is 0 Å². The zero-order valence-electron chi connectivity index (χ0n) is 20.9. The Morgan fingerprint density at radius 1 is 0.590 bits per heavy atom. The summed E-state index contributed by atoms with van der Waals surface area (Å²) in [7, 11) is 0. The van der Waals surface area contributed by atoms with Crippen LogP contribution in [0.3, 0.4) is 0 Å². The Hall–Kier alpha value is -2.98. The molecule has 0 nitrogen and oxygen atoms in total. The monoisotopic (exact) mass is 558 g/mol. The van der Waals surface area contributed by atoms with Gasteiger partial charge in [0.1, 0.15) is 23.3 Å². The third-order valence-corrected chi connectivity index (χ3v) is 9.56. The van der Waals surface area contributed by atoms with Crippen LogP contribution in [-0.2, 0) is 0 Å². The minimum Gasteiger partial charge on any atom is -0.207 e. The molecule has 2 aliphatic rings. The van der Waals surface area contributed by atoms with Crippen LogP contribution in [0.4, 0.5) is 43.9 Å². The van der Waals surface area contributed by atoms with Crippen molar-refractivity contribution < 1.29 is 43.9 Å². The summed E-state index contributed by atoms with van der Waals surface area (Å²) < 4.78 is 147. The van der Waals surface area contributed by atoms with Gasteiger partial charge in [0.25, 0.3) is 0 Å². The maximum Gasteiger partial charge on any atom is 0.200 e. The fraction of sp³-hybridized carbons (Fsp3) is 0.357. The Morgan fingerprint density at radius 2 is 0.974 bits per heavy atom. The molecule has 2 aliphatic carbocycles. The molecule has 0 N–H and O–H groups in total. The van der Waals surface area contributed by atoms with E-state index in [9.17, 15) is 26.3 Å². The molecule has 3 aromatic carbocycles. The summed E-state index contributed by atoms with van der Waals surface area (Å²) in [5.41, 5.74) is -4.17. The molecule has 0 unspecified atom stereocenters. The molecule has 2 saturated carbocycles. The van der Waals surface area contributed by atoms with E-state index < -0.39 is 104 Å². The Bertz CT molecular complexity index is 1360. The molecule has 0 spiro atoms. The van der Waals surface area contributed by atoms with E-state index in [0.717, 1.165) is 0 Å². The molecule has 11 heteroatoms. The molecule has 1 radical (unpaired) electrons. The lowest BCUT2D eigenvalue weighted by molar-refractivity contribution is 0.134. The van der Waals surface area contributed by atoms with Gasteiger partial charge < -0.3 is 0 Å². The predicted octanol–water partition coefficient (Wildman–Crippen LogP) is 7.30. The number of halogens is 10. The van der Waals surface area contributed by atoms with Gasteiger partial charge in [0.05, 0.1) is 0 Å². The first-order valence-corrected chi connectivity index (χ1v) is 12.3. The molecule has 39 heavy (non-hydrogen) atoms. The van der Waals surface area contributed by atoms with Gasteiger partial charge in [-0.25, -0.2) is 43.9 Å². The normalized spacial score (nSPS) is 25.6. The van der Waals surface area contributed by atoms with Gasteiger partial charge in [-0.05, 0) is 35.4 Å². The van der Waals surface area contributed by atoms with Gasteiger partial charge >= 0.3 is 0 Å². The lowest BCUT2D eigenvalue weighted by atomic mass is 9.28. The van der Waals surface area contributed by atoms with Crippen molar-refractivity contribution >= 4 is 17.6 Å². The van der Waals surface area contributed by atoms with Crippen LogP contribution in [0.25, 0.3) is 0 Å². The van der Waals surface area contributed by atoms with Crippen LogP contribution < -0.4 is 10.9 Å². The van der Waals surface area contributed by atoms with Gasteiger partial charge in [-0.2, -0.15) is 16.7 Å². The molecular formula is C28H21BF10-. The van der Waals surface area contributed by atoms with Crippen LogP contribution >= 0.6 is 0 Å². The predicted molar refractivity (Wildman–Crippen MR) is 125 cm³/mol. The van der Waals surface area contributed by atoms with Crippen molar-refractivity contribution in [2.45, 2.75) is 45.3 Å². The molecule has 207 valence electrons. The summed E-state index contributed by atoms with van der Waals surface area (Å²) in [5, 5.41) is 0. The molecule has 0 aromatic heterocycles. The second kappa shape index (κ2) is 9.03. The number of fused-ring (bicyclic) bond motifs is 2. The van der Waals surface area contributed by atoms with E-state index in [1.54, 1.807) is 30.3 Å². The fourth-order valence-corrected chi connectivity index (χ4v) is 7.44. The Morgan fingerprint density at radius 3 is 1.38 bits per heavy atom. The van der Waals surface area contributed by atoms with Crippen molar-refractivity contribution in [3.05, 3.63) is 94.1 Å². The first kappa shape index (κ1) is 27.6. The lowest BCUT2D eigenvalue weighted by Crippen LogP contribution is -2.56. The third-order valence-electron chi connectivity index (χ3n) is 9.56. The van der Waals surface area contributed by atoms with Crippen molar-refractivity contribution in [1.82, 2.24) is 0 Å². The van der Waals surface area contributed by atoms with Crippen molar-refractivity contribution in [3.63, 3.8) is 0 Å². The molecule has 0 saturated heterocycles. The van der Waals surface area contributed by atoms with Gasteiger partial charge in [0.15, 0.2) is 34.9 Å². The second-order valence-corrected chi connectivity index (χ2v) is 11.2. The van der Waals surface area contributed by atoms with E-state index in [4.69, 9.17) is 0 Å². The van der Waals surface area contributed by atoms with E-state index in [2.05, 4.69) is 0 Å². The highest BCUT2D eigenvalue weighted by Gasteiger charge is 2.64. The molecular weight excluding hydrogens is 537 g/mol. The van der Waals surface area contributed by atoms with E-state index in [1.807, 2.05) is 20.8 Å². The average Bonchev–Trinajstić information content (AvgIpc) is 3.25. The van der Waals surface area contributed by atoms with E-state index >= 15 is 17.6 Å². The minimum atomic E-state index is -2.51. The number of rotatable bonds is 4. The Labute approximate surface area is 218 Å². The SMILES string of the molecule is CC1(C)[C@@H]2CC[C@@]1(C)[C@@H](c1ccccc1)[C@@H]2[B-](c1c(F)c(F)c(F)c(F)c1F)c1c(F)c(F)c(F)c(F)c1F. The maximum atomic E-state index is 15.4. The van der Waals surface area contributed by atoms with Crippen molar-refractivity contribution in [1.29, 1.82) is 0 Å². The summed E-state index contributed by atoms with van der Waals surface area (Å²) in [6.45, 7) is 3.07. The van der Waals surface area contributed by atoms with Crippen LogP contribution in [0.2, 0.25) is 5.82 Å². The fourth-order valence-electron chi connectivity index (χ4n) is 7.44. The van der Waals surface area contributed by atoms with Gasteiger partial charge in [-0.3, -0.25) is 0 Å². The smallest absolute Gasteiger partial charge is 0.200 e. The highest BCUT2D eigenvalue weighted by molar-refractivity contribution is 6.86. The summed E-state index contributed by atoms with van der Waals surface area (Å²) in [6, 6.07) is 8.24. The van der Waals surface area contributed by atoms with Crippen LogP contribution in [0.15, 0.2) is 30.3 Å². The van der Waals surface area contributed by atoms with Gasteiger partial charge in [0, 0.05) is 0 Å². The van der Waals surface area contributed by atoms with Crippen LogP contribution in [0, 0.1) is 74.9 Å². The summed E-state index contributed by atoms with van der Waals surface area (Å²) in [6.07, 6.45) is 0.875. The standard InChI is InChI=1S/C28H21BF10/c1-27(2)12-9-10-28(27,3)13(11-7-5-4-6-8-11)14(12)29(15-17(30)21(34)25(38)22(35)18(15)31)16-19(32)23(36)26(39)24(37)20(16)33/h4-8,12-14H,9-10H2,1-3H3/q-1/t12-,13+,14-,28+/m1/s1. The first-order chi connectivity index (χ1) is 18.2. The molecule has 5 rings (SSSR count). The molecule has 2 fully saturated rings. The number of hydrogen-bond acceptors (Lipinski definition) is 0. The highest BCUT2D eigenvalue weighted by Crippen LogP contribution is 2.75. The zero-order valence-corrected chi connectivity index (χ0v) is 20.9. The molecule has 0 aliphatic heterocycles. The topological polar surface area (TPSA) is 0 Å². The average molecular weight is 558 g/mol. The molecule has 2 bridgehead atoms. The summed E-state index contributed by atoms with van der Waals surface area (Å²) >= 11 is 0. The van der Waals surface area contributed by atoms with Gasteiger partial charge in [0.2, 0.25) is 0 Å². The number of benzene rings is 3. The molecule has 3 aromatic rings.